The van der Waals surface area contributed by atoms with E-state index in [9.17, 15) is 34.5 Å². The zero-order chi connectivity index (χ0) is 51.8. The predicted octanol–water partition coefficient (Wildman–Crippen LogP) is 14.9. The number of carbonyl (C=O) groups is 4. The van der Waals surface area contributed by atoms with Gasteiger partial charge in [-0.05, 0) is 44.9 Å². The fourth-order valence-corrected chi connectivity index (χ4v) is 9.25. The van der Waals surface area contributed by atoms with Crippen molar-refractivity contribution in [1.82, 2.24) is 0 Å². The second kappa shape index (κ2) is 48.4. The first-order valence-electron chi connectivity index (χ1n) is 29.7. The summed E-state index contributed by atoms with van der Waals surface area (Å²) in [5, 5.41) is 31.4. The van der Waals surface area contributed by atoms with Gasteiger partial charge in [0.05, 0.1) is 6.61 Å². The van der Waals surface area contributed by atoms with Gasteiger partial charge in [0.25, 0.3) is 0 Å². The third kappa shape index (κ3) is 38.7. The summed E-state index contributed by atoms with van der Waals surface area (Å²) in [6, 6.07) is 0. The highest BCUT2D eigenvalue weighted by molar-refractivity contribution is 5.74. The highest BCUT2D eigenvalue weighted by Gasteiger charge is 2.50. The van der Waals surface area contributed by atoms with Gasteiger partial charge < -0.3 is 39.0 Å². The Morgan fingerprint density at radius 2 is 0.803 bits per heavy atom. The molecule has 12 nitrogen and oxygen atoms in total. The van der Waals surface area contributed by atoms with Gasteiger partial charge >= 0.3 is 23.9 Å². The van der Waals surface area contributed by atoms with Gasteiger partial charge in [-0.2, -0.15) is 0 Å². The number of ether oxygens (including phenoxy) is 5. The number of hydrogen-bond donors (Lipinski definition) is 3. The molecule has 0 aromatic carbocycles. The first-order chi connectivity index (χ1) is 34.6. The van der Waals surface area contributed by atoms with Crippen molar-refractivity contribution in [2.75, 3.05) is 13.2 Å². The molecule has 1 aliphatic heterocycles. The number of carboxylic acid groups (broad SMARTS) is 1. The van der Waals surface area contributed by atoms with E-state index in [2.05, 4.69) is 32.9 Å². The molecule has 0 aromatic heterocycles. The molecule has 0 saturated carbocycles. The van der Waals surface area contributed by atoms with E-state index in [-0.39, 0.29) is 25.9 Å². The molecule has 416 valence electrons. The highest BCUT2D eigenvalue weighted by Crippen LogP contribution is 2.27. The second-order valence-corrected chi connectivity index (χ2v) is 20.6. The molecule has 0 aliphatic carbocycles. The van der Waals surface area contributed by atoms with Gasteiger partial charge in [0, 0.05) is 19.3 Å². The minimum atomic E-state index is -1.90. The zero-order valence-corrected chi connectivity index (χ0v) is 45.7. The number of aliphatic carboxylic acids is 1. The third-order valence-corrected chi connectivity index (χ3v) is 13.8. The van der Waals surface area contributed by atoms with Gasteiger partial charge in [0.1, 0.15) is 18.8 Å². The van der Waals surface area contributed by atoms with E-state index < -0.39 is 67.3 Å². The molecule has 71 heavy (non-hydrogen) atoms. The lowest BCUT2D eigenvalue weighted by atomic mass is 9.98. The maximum absolute atomic E-state index is 13.1. The number of rotatable bonds is 51. The lowest BCUT2D eigenvalue weighted by Gasteiger charge is -2.40. The van der Waals surface area contributed by atoms with Gasteiger partial charge in [-0.1, -0.05) is 238 Å². The Labute approximate surface area is 433 Å². The highest BCUT2D eigenvalue weighted by atomic mass is 16.7. The topological polar surface area (TPSA) is 175 Å². The summed E-state index contributed by atoms with van der Waals surface area (Å²) < 4.78 is 28.4. The molecule has 6 unspecified atom stereocenters. The Morgan fingerprint density at radius 3 is 1.21 bits per heavy atom. The quantitative estimate of drug-likeness (QED) is 0.0228. The van der Waals surface area contributed by atoms with Crippen LogP contribution >= 0.6 is 0 Å². The third-order valence-electron chi connectivity index (χ3n) is 13.8. The summed E-state index contributed by atoms with van der Waals surface area (Å²) in [6.07, 6.45) is 40.5. The lowest BCUT2D eigenvalue weighted by Crippen LogP contribution is -2.61. The summed E-state index contributed by atoms with van der Waals surface area (Å²) in [6.45, 7) is 5.99. The van der Waals surface area contributed by atoms with Gasteiger partial charge in [-0.25, -0.2) is 4.79 Å². The minimum Gasteiger partial charge on any atom is -0.479 e. The SMILES string of the molecule is CCCCCC/C=C\CCCCCCCC(=O)OC(COC(=O)CCCCCCCCCCCCCCCCCCC)COC1OC(C(=O)O)C(O)C(O)C1OC(=O)CCCCCCCCCCCCC. The van der Waals surface area contributed by atoms with Crippen LogP contribution in [-0.4, -0.2) is 89.2 Å². The fraction of sp³-hybridized carbons (Fsp3) is 0.898. The summed E-state index contributed by atoms with van der Waals surface area (Å²) >= 11 is 0. The number of esters is 3. The summed E-state index contributed by atoms with van der Waals surface area (Å²) in [7, 11) is 0. The summed E-state index contributed by atoms with van der Waals surface area (Å²) in [4.78, 5) is 51.0. The molecule has 0 bridgehead atoms. The van der Waals surface area contributed by atoms with Gasteiger partial charge in [0.15, 0.2) is 24.6 Å². The molecule has 6 atom stereocenters. The van der Waals surface area contributed by atoms with Crippen molar-refractivity contribution in [3.63, 3.8) is 0 Å². The fourth-order valence-electron chi connectivity index (χ4n) is 9.25. The van der Waals surface area contributed by atoms with Gasteiger partial charge in [-0.15, -0.1) is 0 Å². The van der Waals surface area contributed by atoms with E-state index in [4.69, 9.17) is 23.7 Å². The molecule has 1 heterocycles. The first-order valence-corrected chi connectivity index (χ1v) is 29.7. The van der Waals surface area contributed by atoms with Crippen molar-refractivity contribution < 1.29 is 58.2 Å². The summed E-state index contributed by atoms with van der Waals surface area (Å²) in [5.41, 5.74) is 0. The molecule has 1 aliphatic rings. The van der Waals surface area contributed by atoms with Crippen LogP contribution in [-0.2, 0) is 42.9 Å². The lowest BCUT2D eigenvalue weighted by molar-refractivity contribution is -0.301. The van der Waals surface area contributed by atoms with E-state index in [1.807, 2.05) is 0 Å². The Kier molecular flexibility index (Phi) is 45.3. The van der Waals surface area contributed by atoms with E-state index in [0.717, 1.165) is 83.5 Å². The Balaban J connectivity index is 2.66. The standard InChI is InChI=1S/C59H108O12/c1-4-7-10-13-16-19-22-24-25-26-27-29-31-33-36-39-42-45-51(60)67-48-50(69-52(61)46-43-40-37-35-32-28-23-20-17-14-11-8-5-2)49-68-59-57(55(64)54(63)56(71-59)58(65)66)70-53(62)47-44-41-38-34-30-21-18-15-12-9-6-3/h20,23,50,54-57,59,63-64H,4-19,21-22,24-49H2,1-3H3,(H,65,66)/b23-20-. The van der Waals surface area contributed by atoms with Crippen LogP contribution < -0.4 is 0 Å². The molecule has 0 amide bonds. The normalized spacial score (nSPS) is 18.5. The van der Waals surface area contributed by atoms with E-state index in [0.29, 0.717) is 19.3 Å². The van der Waals surface area contributed by atoms with Crippen molar-refractivity contribution in [2.24, 2.45) is 0 Å². The first kappa shape index (κ1) is 66.5. The minimum absolute atomic E-state index is 0.0667. The van der Waals surface area contributed by atoms with Crippen LogP contribution in [0.1, 0.15) is 290 Å². The second-order valence-electron chi connectivity index (χ2n) is 20.6. The molecular weight excluding hydrogens is 901 g/mol. The molecule has 0 aromatic rings. The number of hydrogen-bond acceptors (Lipinski definition) is 11. The Hall–Kier alpha value is -2.54. The summed E-state index contributed by atoms with van der Waals surface area (Å²) in [5.74, 6) is -3.09. The van der Waals surface area contributed by atoms with Crippen LogP contribution in [0, 0.1) is 0 Å². The van der Waals surface area contributed by atoms with E-state index in [1.165, 1.54) is 148 Å². The molecule has 1 fully saturated rings. The van der Waals surface area contributed by atoms with Crippen molar-refractivity contribution in [2.45, 2.75) is 327 Å². The van der Waals surface area contributed by atoms with Gasteiger partial charge in [0.2, 0.25) is 0 Å². The monoisotopic (exact) mass is 1010 g/mol. The molecule has 0 spiro atoms. The maximum Gasteiger partial charge on any atom is 0.335 e. The van der Waals surface area contributed by atoms with E-state index >= 15 is 0 Å². The average Bonchev–Trinajstić information content (AvgIpc) is 3.35. The number of allylic oxidation sites excluding steroid dienone is 2. The Bertz CT molecular complexity index is 1290. The van der Waals surface area contributed by atoms with Crippen LogP contribution in [0.5, 0.6) is 0 Å². The number of aliphatic hydroxyl groups excluding tert-OH is 2. The number of unbranched alkanes of at least 4 members (excludes halogenated alkanes) is 35. The molecule has 12 heteroatoms. The molecule has 3 N–H and O–H groups in total. The molecule has 1 rings (SSSR count). The van der Waals surface area contributed by atoms with Crippen molar-refractivity contribution in [3.8, 4) is 0 Å². The van der Waals surface area contributed by atoms with Crippen LogP contribution in [0.15, 0.2) is 12.2 Å². The number of aliphatic hydroxyl groups is 2. The molecular formula is C59H108O12. The average molecular weight is 1010 g/mol. The van der Waals surface area contributed by atoms with Crippen molar-refractivity contribution in [3.05, 3.63) is 12.2 Å². The molecule has 0 radical (unpaired) electrons. The Morgan fingerprint density at radius 1 is 0.451 bits per heavy atom. The van der Waals surface area contributed by atoms with Crippen LogP contribution in [0.2, 0.25) is 0 Å². The van der Waals surface area contributed by atoms with Crippen LogP contribution in [0.4, 0.5) is 0 Å². The predicted molar refractivity (Wildman–Crippen MR) is 285 cm³/mol. The largest absolute Gasteiger partial charge is 0.479 e. The van der Waals surface area contributed by atoms with Crippen LogP contribution in [0.3, 0.4) is 0 Å². The smallest absolute Gasteiger partial charge is 0.335 e. The van der Waals surface area contributed by atoms with Crippen molar-refractivity contribution in [1.29, 1.82) is 0 Å². The molecule has 1 saturated heterocycles. The van der Waals surface area contributed by atoms with E-state index in [1.54, 1.807) is 0 Å². The number of carboxylic acids is 1. The van der Waals surface area contributed by atoms with Gasteiger partial charge in [-0.3, -0.25) is 14.4 Å². The number of carbonyl (C=O) groups excluding carboxylic acids is 3. The van der Waals surface area contributed by atoms with Crippen LogP contribution in [0.25, 0.3) is 0 Å². The maximum atomic E-state index is 13.1. The van der Waals surface area contributed by atoms with Crippen molar-refractivity contribution >= 4 is 23.9 Å². The zero-order valence-electron chi connectivity index (χ0n) is 45.7.